The number of hydrogen-bond acceptors (Lipinski definition) is 8. The lowest BCUT2D eigenvalue weighted by Crippen LogP contribution is -2.22. The van der Waals surface area contributed by atoms with Crippen LogP contribution in [0, 0.1) is 0 Å². The maximum Gasteiger partial charge on any atom is 0.339 e. The van der Waals surface area contributed by atoms with Crippen molar-refractivity contribution < 1.29 is 33.3 Å². The first-order valence-electron chi connectivity index (χ1n) is 14.9. The molecule has 232 valence electrons. The number of hydrogen-bond donors (Lipinski definition) is 0. The summed E-state index contributed by atoms with van der Waals surface area (Å²) in [4.78, 5) is 27.5. The molecule has 0 aromatic heterocycles. The second kappa shape index (κ2) is 16.3. The average molecular weight is 600 g/mol. The second-order valence-corrected chi connectivity index (χ2v) is 10.5. The summed E-state index contributed by atoms with van der Waals surface area (Å²) in [6, 6.07) is 21.5. The Kier molecular flexibility index (Phi) is 12.0. The molecule has 4 rings (SSSR count). The predicted molar refractivity (Wildman–Crippen MR) is 174 cm³/mol. The number of benzene rings is 4. The zero-order chi connectivity index (χ0) is 31.3. The number of unbranched alkanes of at least 4 members (excludes halogenated alkanes) is 2. The lowest BCUT2D eigenvalue weighted by atomic mass is 9.97. The minimum absolute atomic E-state index is 0.284. The highest BCUT2D eigenvalue weighted by Gasteiger charge is 2.16. The van der Waals surface area contributed by atoms with E-state index in [4.69, 9.17) is 23.7 Å². The van der Waals surface area contributed by atoms with E-state index in [1.54, 1.807) is 39.5 Å². The zero-order valence-electron chi connectivity index (χ0n) is 26.0. The third kappa shape index (κ3) is 8.51. The van der Waals surface area contributed by atoms with Gasteiger partial charge in [-0.05, 0) is 90.7 Å². The van der Waals surface area contributed by atoms with Crippen LogP contribution in [0.15, 0.2) is 72.8 Å². The van der Waals surface area contributed by atoms with Crippen LogP contribution in [0.5, 0.6) is 17.2 Å². The summed E-state index contributed by atoms with van der Waals surface area (Å²) in [7, 11) is 6.70. The molecule has 0 saturated carbocycles. The molecule has 0 heterocycles. The minimum Gasteiger partial charge on any atom is -0.493 e. The van der Waals surface area contributed by atoms with Gasteiger partial charge in [0.2, 0.25) is 5.75 Å². The molecular weight excluding hydrogens is 558 g/mol. The first kappa shape index (κ1) is 32.4. The van der Waals surface area contributed by atoms with Gasteiger partial charge in [0.25, 0.3) is 0 Å². The summed E-state index contributed by atoms with van der Waals surface area (Å²) < 4.78 is 27.1. The van der Waals surface area contributed by atoms with Crippen LogP contribution in [0.1, 0.15) is 41.6 Å². The topological polar surface area (TPSA) is 83.5 Å². The van der Waals surface area contributed by atoms with Gasteiger partial charge in [-0.2, -0.15) is 0 Å². The van der Waals surface area contributed by atoms with E-state index in [-0.39, 0.29) is 5.97 Å². The molecule has 0 aliphatic carbocycles. The van der Waals surface area contributed by atoms with Gasteiger partial charge in [-0.25, -0.2) is 9.59 Å². The van der Waals surface area contributed by atoms with Crippen molar-refractivity contribution in [2.75, 3.05) is 54.7 Å². The van der Waals surface area contributed by atoms with E-state index >= 15 is 0 Å². The van der Waals surface area contributed by atoms with Gasteiger partial charge in [-0.15, -0.1) is 0 Å². The molecule has 0 saturated heterocycles. The molecule has 0 fully saturated rings. The standard InChI is InChI=1S/C36H41NO7/c1-37(19-10-5-11-21-43-33(38)18-17-26-23-31(40-2)35(42-4)32(24-26)41-3)20-12-22-44-36(39)34-29-15-8-6-13-27(29)25-28-14-7-9-16-30(28)34/h6-9,13-18,23-25H,5,10-12,19-22H2,1-4H3/b18-17+. The Hall–Kier alpha value is -4.56. The molecule has 0 radical (unpaired) electrons. The maximum atomic E-state index is 13.1. The lowest BCUT2D eigenvalue weighted by Gasteiger charge is -2.16. The normalized spacial score (nSPS) is 11.3. The van der Waals surface area contributed by atoms with E-state index in [0.717, 1.165) is 65.9 Å². The highest BCUT2D eigenvalue weighted by molar-refractivity contribution is 6.16. The van der Waals surface area contributed by atoms with E-state index in [9.17, 15) is 9.59 Å². The van der Waals surface area contributed by atoms with Gasteiger partial charge in [0.15, 0.2) is 11.5 Å². The van der Waals surface area contributed by atoms with Gasteiger partial charge in [-0.3, -0.25) is 0 Å². The number of ether oxygens (including phenoxy) is 5. The van der Waals surface area contributed by atoms with Crippen molar-refractivity contribution in [3.05, 3.63) is 83.9 Å². The molecule has 0 bridgehead atoms. The summed E-state index contributed by atoms with van der Waals surface area (Å²) >= 11 is 0. The second-order valence-electron chi connectivity index (χ2n) is 10.5. The zero-order valence-corrected chi connectivity index (χ0v) is 26.0. The van der Waals surface area contributed by atoms with Crippen molar-refractivity contribution in [2.45, 2.75) is 25.7 Å². The monoisotopic (exact) mass is 599 g/mol. The molecule has 0 atom stereocenters. The average Bonchev–Trinajstić information content (AvgIpc) is 3.05. The Balaban J connectivity index is 1.12. The molecule has 8 nitrogen and oxygen atoms in total. The molecule has 0 spiro atoms. The highest BCUT2D eigenvalue weighted by Crippen LogP contribution is 2.38. The quantitative estimate of drug-likeness (QED) is 0.0594. The molecule has 44 heavy (non-hydrogen) atoms. The number of esters is 2. The molecule has 0 aliphatic heterocycles. The largest absolute Gasteiger partial charge is 0.493 e. The smallest absolute Gasteiger partial charge is 0.339 e. The number of rotatable bonds is 16. The van der Waals surface area contributed by atoms with Gasteiger partial charge in [0, 0.05) is 12.6 Å². The van der Waals surface area contributed by atoms with Crippen molar-refractivity contribution in [3.8, 4) is 17.2 Å². The van der Waals surface area contributed by atoms with E-state index in [1.165, 1.54) is 6.08 Å². The van der Waals surface area contributed by atoms with Crippen LogP contribution in [-0.2, 0) is 14.3 Å². The van der Waals surface area contributed by atoms with E-state index in [2.05, 4.69) is 18.0 Å². The summed E-state index contributed by atoms with van der Waals surface area (Å²) in [6.45, 7) is 2.46. The molecule has 0 unspecified atom stereocenters. The van der Waals surface area contributed by atoms with Crippen LogP contribution in [0.25, 0.3) is 27.6 Å². The Labute approximate surface area is 259 Å². The SMILES string of the molecule is COc1cc(/C=C/C(=O)OCCCCCN(C)CCCOC(=O)c2c3ccccc3cc3ccccc23)cc(OC)c1OC. The minimum atomic E-state index is -0.401. The fourth-order valence-electron chi connectivity index (χ4n) is 5.16. The third-order valence-corrected chi connectivity index (χ3v) is 7.42. The van der Waals surface area contributed by atoms with E-state index < -0.39 is 5.97 Å². The van der Waals surface area contributed by atoms with Crippen LogP contribution in [-0.4, -0.2) is 71.5 Å². The van der Waals surface area contributed by atoms with Gasteiger partial charge in [-0.1, -0.05) is 48.5 Å². The number of nitrogens with zero attached hydrogens (tertiary/aromatic N) is 1. The van der Waals surface area contributed by atoms with Gasteiger partial charge in [0.1, 0.15) is 0 Å². The van der Waals surface area contributed by atoms with Crippen LogP contribution in [0.3, 0.4) is 0 Å². The van der Waals surface area contributed by atoms with E-state index in [1.807, 2.05) is 48.5 Å². The van der Waals surface area contributed by atoms with Crippen LogP contribution in [0.4, 0.5) is 0 Å². The van der Waals surface area contributed by atoms with E-state index in [0.29, 0.717) is 36.0 Å². The summed E-state index contributed by atoms with van der Waals surface area (Å²) in [6.07, 6.45) is 6.51. The Morgan fingerprint density at radius 1 is 0.705 bits per heavy atom. The predicted octanol–water partition coefficient (Wildman–Crippen LogP) is 6.92. The molecule has 4 aromatic rings. The van der Waals surface area contributed by atoms with Crippen molar-refractivity contribution in [1.29, 1.82) is 0 Å². The third-order valence-electron chi connectivity index (χ3n) is 7.42. The Morgan fingerprint density at radius 3 is 1.91 bits per heavy atom. The number of methoxy groups -OCH3 is 3. The van der Waals surface area contributed by atoms with Crippen molar-refractivity contribution >= 4 is 39.6 Å². The molecule has 8 heteroatoms. The van der Waals surface area contributed by atoms with Crippen molar-refractivity contribution in [3.63, 3.8) is 0 Å². The van der Waals surface area contributed by atoms with Gasteiger partial charge >= 0.3 is 11.9 Å². The van der Waals surface area contributed by atoms with Gasteiger partial charge in [0.05, 0.1) is 40.1 Å². The molecule has 4 aromatic carbocycles. The number of carbonyl (C=O) groups excluding carboxylic acids is 2. The summed E-state index contributed by atoms with van der Waals surface area (Å²) in [5, 5.41) is 3.88. The molecule has 0 amide bonds. The fourth-order valence-corrected chi connectivity index (χ4v) is 5.16. The lowest BCUT2D eigenvalue weighted by molar-refractivity contribution is -0.137. The van der Waals surface area contributed by atoms with Crippen molar-refractivity contribution in [2.24, 2.45) is 0 Å². The van der Waals surface area contributed by atoms with Crippen LogP contribution >= 0.6 is 0 Å². The Morgan fingerprint density at radius 2 is 1.30 bits per heavy atom. The molecule has 0 N–H and O–H groups in total. The molecular formula is C36H41NO7. The maximum absolute atomic E-state index is 13.1. The van der Waals surface area contributed by atoms with Crippen molar-refractivity contribution in [1.82, 2.24) is 4.90 Å². The Bertz CT molecular complexity index is 1520. The fraction of sp³-hybridized carbons (Fsp3) is 0.333. The summed E-state index contributed by atoms with van der Waals surface area (Å²) in [5.74, 6) is 0.839. The molecule has 0 aliphatic rings. The van der Waals surface area contributed by atoms with Crippen LogP contribution < -0.4 is 14.2 Å². The highest BCUT2D eigenvalue weighted by atomic mass is 16.5. The first-order chi connectivity index (χ1) is 21.4. The van der Waals surface area contributed by atoms with Crippen LogP contribution in [0.2, 0.25) is 0 Å². The summed E-state index contributed by atoms with van der Waals surface area (Å²) in [5.41, 5.74) is 1.36. The van der Waals surface area contributed by atoms with Gasteiger partial charge < -0.3 is 28.6 Å². The first-order valence-corrected chi connectivity index (χ1v) is 14.9. The number of carbonyl (C=O) groups is 2. The number of fused-ring (bicyclic) bond motifs is 2.